The standard InChI is InChI=1S/C20H19ClFNO2/c1-12-7-15-14(9-20(24)25-19(15)8-13(12)2)10-23(3)11-16-17(21)5-4-6-18(16)22/h4-9H,10-11H2,1-3H3/p+1. The van der Waals surface area contributed by atoms with Gasteiger partial charge in [-0.25, -0.2) is 9.18 Å². The van der Waals surface area contributed by atoms with Crippen LogP contribution in [0.4, 0.5) is 4.39 Å². The first kappa shape index (κ1) is 17.6. The molecule has 0 aliphatic rings. The number of fused-ring (bicyclic) bond motifs is 1. The molecule has 1 aromatic heterocycles. The molecular formula is C20H20ClFNO2+. The van der Waals surface area contributed by atoms with E-state index >= 15 is 0 Å². The lowest BCUT2D eigenvalue weighted by atomic mass is 10.0. The molecule has 3 nitrogen and oxygen atoms in total. The predicted octanol–water partition coefficient (Wildman–Crippen LogP) is 3.42. The predicted molar refractivity (Wildman–Crippen MR) is 97.7 cm³/mol. The highest BCUT2D eigenvalue weighted by Crippen LogP contribution is 2.21. The average Bonchev–Trinajstić information content (AvgIpc) is 2.53. The summed E-state index contributed by atoms with van der Waals surface area (Å²) in [4.78, 5) is 12.9. The SMILES string of the molecule is Cc1cc2oc(=O)cc(C[NH+](C)Cc3c(F)cccc3Cl)c2cc1C. The Kier molecular flexibility index (Phi) is 4.93. The Hall–Kier alpha value is -2.17. The van der Waals surface area contributed by atoms with E-state index in [9.17, 15) is 9.18 Å². The van der Waals surface area contributed by atoms with Crippen molar-refractivity contribution in [3.63, 3.8) is 0 Å². The van der Waals surface area contributed by atoms with Gasteiger partial charge in [0.05, 0.1) is 17.6 Å². The van der Waals surface area contributed by atoms with Crippen LogP contribution in [-0.2, 0) is 13.1 Å². The number of nitrogens with one attached hydrogen (secondary N) is 1. The highest BCUT2D eigenvalue weighted by molar-refractivity contribution is 6.31. The average molecular weight is 361 g/mol. The molecule has 1 atom stereocenters. The molecule has 0 radical (unpaired) electrons. The fourth-order valence-corrected chi connectivity index (χ4v) is 3.25. The lowest BCUT2D eigenvalue weighted by molar-refractivity contribution is -0.907. The van der Waals surface area contributed by atoms with Crippen LogP contribution in [-0.4, -0.2) is 7.05 Å². The second kappa shape index (κ2) is 6.98. The molecule has 1 heterocycles. The van der Waals surface area contributed by atoms with Crippen LogP contribution in [0, 0.1) is 19.7 Å². The van der Waals surface area contributed by atoms with E-state index in [4.69, 9.17) is 16.0 Å². The third kappa shape index (κ3) is 3.75. The number of benzene rings is 2. The first-order valence-electron chi connectivity index (χ1n) is 8.13. The molecule has 0 saturated carbocycles. The minimum atomic E-state index is -0.373. The molecule has 1 N–H and O–H groups in total. The van der Waals surface area contributed by atoms with Gasteiger partial charge in [0, 0.05) is 17.0 Å². The lowest BCUT2D eigenvalue weighted by Crippen LogP contribution is -3.06. The maximum absolute atomic E-state index is 14.0. The normalized spacial score (nSPS) is 12.5. The van der Waals surface area contributed by atoms with Crippen molar-refractivity contribution in [1.29, 1.82) is 0 Å². The number of rotatable bonds is 4. The van der Waals surface area contributed by atoms with E-state index in [1.807, 2.05) is 33.0 Å². The summed E-state index contributed by atoms with van der Waals surface area (Å²) in [7, 11) is 1.95. The molecule has 3 rings (SSSR count). The van der Waals surface area contributed by atoms with Crippen LogP contribution < -0.4 is 10.5 Å². The topological polar surface area (TPSA) is 34.6 Å². The van der Waals surface area contributed by atoms with Crippen molar-refractivity contribution in [3.05, 3.63) is 79.9 Å². The van der Waals surface area contributed by atoms with E-state index < -0.39 is 0 Å². The van der Waals surface area contributed by atoms with Crippen LogP contribution in [0.5, 0.6) is 0 Å². The Morgan fingerprint density at radius 1 is 1.12 bits per heavy atom. The van der Waals surface area contributed by atoms with Gasteiger partial charge in [-0.05, 0) is 49.2 Å². The van der Waals surface area contributed by atoms with Gasteiger partial charge in [0.1, 0.15) is 24.5 Å². The van der Waals surface area contributed by atoms with Crippen molar-refractivity contribution in [2.75, 3.05) is 7.05 Å². The van der Waals surface area contributed by atoms with Crippen molar-refractivity contribution in [2.45, 2.75) is 26.9 Å². The van der Waals surface area contributed by atoms with E-state index in [0.717, 1.165) is 27.0 Å². The summed E-state index contributed by atoms with van der Waals surface area (Å²) in [5, 5.41) is 1.34. The zero-order chi connectivity index (χ0) is 18.1. The Morgan fingerprint density at radius 2 is 1.84 bits per heavy atom. The molecular weight excluding hydrogens is 341 g/mol. The minimum Gasteiger partial charge on any atom is -0.423 e. The maximum Gasteiger partial charge on any atom is 0.336 e. The first-order chi connectivity index (χ1) is 11.8. The highest BCUT2D eigenvalue weighted by atomic mass is 35.5. The summed E-state index contributed by atoms with van der Waals surface area (Å²) in [6.45, 7) is 5.01. The summed E-state index contributed by atoms with van der Waals surface area (Å²) in [5.74, 6) is -0.309. The van der Waals surface area contributed by atoms with Gasteiger partial charge >= 0.3 is 5.63 Å². The molecule has 0 saturated heterocycles. The molecule has 0 amide bonds. The number of aryl methyl sites for hydroxylation is 2. The monoisotopic (exact) mass is 360 g/mol. The molecule has 0 aliphatic heterocycles. The van der Waals surface area contributed by atoms with Gasteiger partial charge < -0.3 is 9.32 Å². The summed E-state index contributed by atoms with van der Waals surface area (Å²) in [6, 6.07) is 10.1. The van der Waals surface area contributed by atoms with Crippen LogP contribution >= 0.6 is 11.6 Å². The van der Waals surface area contributed by atoms with E-state index in [0.29, 0.717) is 29.3 Å². The molecule has 5 heteroatoms. The quantitative estimate of drug-likeness (QED) is 0.723. The van der Waals surface area contributed by atoms with Crippen molar-refractivity contribution >= 4 is 22.6 Å². The van der Waals surface area contributed by atoms with Crippen molar-refractivity contribution in [1.82, 2.24) is 0 Å². The summed E-state index contributed by atoms with van der Waals surface area (Å²) in [5.41, 5.74) is 3.80. The van der Waals surface area contributed by atoms with Crippen molar-refractivity contribution in [2.24, 2.45) is 0 Å². The molecule has 130 valence electrons. The zero-order valence-electron chi connectivity index (χ0n) is 14.5. The number of halogens is 2. The molecule has 25 heavy (non-hydrogen) atoms. The van der Waals surface area contributed by atoms with Crippen LogP contribution in [0.15, 0.2) is 45.6 Å². The van der Waals surface area contributed by atoms with Gasteiger partial charge in [0.2, 0.25) is 0 Å². The summed E-state index contributed by atoms with van der Waals surface area (Å²) >= 11 is 6.12. The van der Waals surface area contributed by atoms with Crippen molar-refractivity contribution < 1.29 is 13.7 Å². The lowest BCUT2D eigenvalue weighted by Gasteiger charge is -2.16. The second-order valence-electron chi connectivity index (χ2n) is 6.53. The third-order valence-electron chi connectivity index (χ3n) is 4.48. The third-order valence-corrected chi connectivity index (χ3v) is 4.83. The number of hydrogen-bond donors (Lipinski definition) is 1. The van der Waals surface area contributed by atoms with Gasteiger partial charge in [0.25, 0.3) is 0 Å². The Labute approximate surface area is 150 Å². The van der Waals surface area contributed by atoms with Crippen LogP contribution in [0.2, 0.25) is 5.02 Å². The van der Waals surface area contributed by atoms with E-state index in [-0.39, 0.29) is 11.4 Å². The molecule has 1 unspecified atom stereocenters. The Balaban J connectivity index is 1.94. The minimum absolute atomic E-state index is 0.309. The van der Waals surface area contributed by atoms with Crippen molar-refractivity contribution in [3.8, 4) is 0 Å². The molecule has 0 spiro atoms. The first-order valence-corrected chi connectivity index (χ1v) is 8.51. The number of hydrogen-bond acceptors (Lipinski definition) is 2. The maximum atomic E-state index is 14.0. The van der Waals surface area contributed by atoms with E-state index in [1.165, 1.54) is 12.1 Å². The zero-order valence-corrected chi connectivity index (χ0v) is 15.2. The molecule has 2 aromatic carbocycles. The molecule has 0 fully saturated rings. The van der Waals surface area contributed by atoms with Gasteiger partial charge in [-0.1, -0.05) is 17.7 Å². The van der Waals surface area contributed by atoms with Crippen LogP contribution in [0.1, 0.15) is 22.3 Å². The number of quaternary nitrogens is 1. The molecule has 3 aromatic rings. The fraction of sp³-hybridized carbons (Fsp3) is 0.250. The molecule has 0 aliphatic carbocycles. The fourth-order valence-electron chi connectivity index (χ4n) is 3.02. The van der Waals surface area contributed by atoms with Gasteiger partial charge in [-0.3, -0.25) is 0 Å². The smallest absolute Gasteiger partial charge is 0.336 e. The summed E-state index contributed by atoms with van der Waals surface area (Å²) < 4.78 is 19.3. The Morgan fingerprint density at radius 3 is 2.56 bits per heavy atom. The van der Waals surface area contributed by atoms with Gasteiger partial charge in [-0.2, -0.15) is 0 Å². The summed E-state index contributed by atoms with van der Waals surface area (Å²) in [6.07, 6.45) is 0. The highest BCUT2D eigenvalue weighted by Gasteiger charge is 2.15. The van der Waals surface area contributed by atoms with E-state index in [2.05, 4.69) is 0 Å². The van der Waals surface area contributed by atoms with Crippen LogP contribution in [0.3, 0.4) is 0 Å². The van der Waals surface area contributed by atoms with Gasteiger partial charge in [0.15, 0.2) is 0 Å². The van der Waals surface area contributed by atoms with Crippen LogP contribution in [0.25, 0.3) is 11.0 Å². The Bertz CT molecular complexity index is 977. The largest absolute Gasteiger partial charge is 0.423 e. The molecule has 0 bridgehead atoms. The van der Waals surface area contributed by atoms with Gasteiger partial charge in [-0.15, -0.1) is 0 Å². The van der Waals surface area contributed by atoms with E-state index in [1.54, 1.807) is 12.1 Å². The second-order valence-corrected chi connectivity index (χ2v) is 6.94.